The van der Waals surface area contributed by atoms with Crippen LogP contribution in [0, 0.1) is 17.7 Å². The monoisotopic (exact) mass is 801 g/mol. The normalized spacial score (nSPS) is 24.8. The summed E-state index contributed by atoms with van der Waals surface area (Å²) in [6.45, 7) is 7.36. The third kappa shape index (κ3) is 7.65. The van der Waals surface area contributed by atoms with E-state index in [0.717, 1.165) is 24.8 Å². The Balaban J connectivity index is 1.08. The second kappa shape index (κ2) is 15.2. The van der Waals surface area contributed by atoms with Gasteiger partial charge in [-0.15, -0.1) is 0 Å². The van der Waals surface area contributed by atoms with Gasteiger partial charge in [-0.1, -0.05) is 47.9 Å². The summed E-state index contributed by atoms with van der Waals surface area (Å²) >= 11 is 6.64. The van der Waals surface area contributed by atoms with E-state index < -0.39 is 47.3 Å². The molecule has 2 aromatic carbocycles. The predicted octanol–water partition coefficient (Wildman–Crippen LogP) is 6.00. The summed E-state index contributed by atoms with van der Waals surface area (Å²) in [5, 5.41) is 12.6. The van der Waals surface area contributed by atoms with Crippen LogP contribution in [0.3, 0.4) is 0 Å². The number of hydrogen-bond donors (Lipinski definition) is 1. The van der Waals surface area contributed by atoms with Gasteiger partial charge < -0.3 is 24.4 Å². The molecule has 5 atom stereocenters. The van der Waals surface area contributed by atoms with Crippen molar-refractivity contribution in [3.8, 4) is 29.1 Å². The van der Waals surface area contributed by atoms with E-state index in [9.17, 15) is 19.1 Å². The number of carbonyl (C=O) groups excluding carboxylic acids is 2. The maximum atomic E-state index is 16.9. The van der Waals surface area contributed by atoms with Crippen LogP contribution in [0.25, 0.3) is 32.9 Å². The van der Waals surface area contributed by atoms with Crippen molar-refractivity contribution in [2.45, 2.75) is 88.4 Å². The number of ether oxygens (including phenoxy) is 2. The van der Waals surface area contributed by atoms with Crippen LogP contribution >= 0.6 is 11.6 Å². The highest BCUT2D eigenvalue weighted by Gasteiger charge is 2.49. The first-order chi connectivity index (χ1) is 27.2. The van der Waals surface area contributed by atoms with Gasteiger partial charge in [0.05, 0.1) is 29.6 Å². The molecule has 15 heteroatoms. The smallest absolute Gasteiger partial charge is 0.411 e. The number of likely N-dealkylation sites (tertiary alicyclic amines) is 2. The number of alkyl halides is 1. The van der Waals surface area contributed by atoms with Crippen LogP contribution in [0.1, 0.15) is 52.9 Å². The lowest BCUT2D eigenvalue weighted by atomic mass is 9.95. The number of aromatic nitrogens is 3. The number of halogens is 3. The first kappa shape index (κ1) is 39.0. The highest BCUT2D eigenvalue weighted by molar-refractivity contribution is 6.36. The van der Waals surface area contributed by atoms with E-state index in [2.05, 4.69) is 26.7 Å². The molecule has 300 valence electrons. The molecular formula is C42H46ClF2N7O5. The summed E-state index contributed by atoms with van der Waals surface area (Å²) in [7, 11) is 1.83. The van der Waals surface area contributed by atoms with Gasteiger partial charge in [-0.3, -0.25) is 19.6 Å². The molecule has 0 aliphatic carbocycles. The first-order valence-electron chi connectivity index (χ1n) is 19.5. The molecule has 57 heavy (non-hydrogen) atoms. The largest absolute Gasteiger partial charge is 0.461 e. The van der Waals surface area contributed by atoms with Crippen molar-refractivity contribution in [2.24, 2.45) is 0 Å². The van der Waals surface area contributed by atoms with E-state index in [4.69, 9.17) is 26.1 Å². The molecule has 4 fully saturated rings. The molecule has 0 spiro atoms. The second-order valence-electron chi connectivity index (χ2n) is 16.6. The van der Waals surface area contributed by atoms with Crippen LogP contribution in [0.15, 0.2) is 42.6 Å². The average molecular weight is 802 g/mol. The Morgan fingerprint density at radius 2 is 1.91 bits per heavy atom. The van der Waals surface area contributed by atoms with E-state index >= 15 is 4.39 Å². The van der Waals surface area contributed by atoms with Gasteiger partial charge >= 0.3 is 12.1 Å². The number of aliphatic hydroxyl groups is 1. The molecular weight excluding hydrogens is 756 g/mol. The van der Waals surface area contributed by atoms with Crippen LogP contribution in [0.4, 0.5) is 19.4 Å². The fourth-order valence-corrected chi connectivity index (χ4v) is 9.08. The maximum Gasteiger partial charge on any atom is 0.411 e. The molecule has 8 rings (SSSR count). The number of amides is 2. The maximum absolute atomic E-state index is 16.9. The Morgan fingerprint density at radius 3 is 2.70 bits per heavy atom. The third-order valence-corrected chi connectivity index (χ3v) is 11.9. The Hall–Kier alpha value is -4.84. The number of aliphatic hydroxyl groups excluding tert-OH is 1. The molecule has 0 bridgehead atoms. The lowest BCUT2D eigenvalue weighted by Crippen LogP contribution is -2.43. The van der Waals surface area contributed by atoms with Gasteiger partial charge in [-0.25, -0.2) is 13.6 Å². The van der Waals surface area contributed by atoms with Crippen molar-refractivity contribution < 1.29 is 33.0 Å². The number of fused-ring (bicyclic) bond motifs is 3. The molecule has 4 aliphatic rings. The minimum atomic E-state index is -0.946. The van der Waals surface area contributed by atoms with Gasteiger partial charge in [0, 0.05) is 67.7 Å². The Kier molecular flexibility index (Phi) is 10.4. The number of likely N-dealkylation sites (N-methyl/N-ethyl adjacent to an activating group) is 1. The average Bonchev–Trinajstić information content (AvgIpc) is 3.96. The lowest BCUT2D eigenvalue weighted by molar-refractivity contribution is -0.124. The number of hydrogen-bond acceptors (Lipinski definition) is 10. The van der Waals surface area contributed by atoms with Gasteiger partial charge in [0.25, 0.3) is 5.91 Å². The molecule has 0 saturated carbocycles. The number of benzene rings is 2. The van der Waals surface area contributed by atoms with Crippen molar-refractivity contribution in [3.05, 3.63) is 53.4 Å². The van der Waals surface area contributed by atoms with Crippen molar-refractivity contribution >= 4 is 51.1 Å². The SMILES string of the molecule is CN(c1nc(OC[C@@]23CCCN2C[C@H](F)C3)nc2c(F)c(-c3cccc4cccc(Cl)c34)ncc12)[C@@H]1CCN(C(=O)C#C[C@H]2C[C@@H](O)CN2C(=O)OC(C)(C)C)C1. The van der Waals surface area contributed by atoms with Gasteiger partial charge in [0.15, 0.2) is 5.82 Å². The second-order valence-corrected chi connectivity index (χ2v) is 17.0. The number of β-amino-alcohol motifs (C(OH)–C–C–N with tert-alkyl or cyclic N) is 1. The number of pyridine rings is 1. The van der Waals surface area contributed by atoms with Crippen molar-refractivity contribution in [3.63, 3.8) is 0 Å². The number of nitrogens with zero attached hydrogens (tertiary/aromatic N) is 7. The first-order valence-corrected chi connectivity index (χ1v) is 19.8. The Labute approximate surface area is 335 Å². The zero-order chi connectivity index (χ0) is 40.2. The van der Waals surface area contributed by atoms with Gasteiger partial charge in [0.2, 0.25) is 0 Å². The molecule has 0 radical (unpaired) electrons. The zero-order valence-electron chi connectivity index (χ0n) is 32.5. The molecule has 4 aromatic rings. The minimum absolute atomic E-state index is 0.0107. The molecule has 1 N–H and O–H groups in total. The molecule has 2 amide bonds. The fourth-order valence-electron chi connectivity index (χ4n) is 8.80. The Morgan fingerprint density at radius 1 is 1.12 bits per heavy atom. The number of carbonyl (C=O) groups is 2. The quantitative estimate of drug-likeness (QED) is 0.232. The fraction of sp³-hybridized carbons (Fsp3) is 0.500. The number of rotatable bonds is 6. The summed E-state index contributed by atoms with van der Waals surface area (Å²) in [5.41, 5.74) is -0.595. The topological polar surface area (TPSA) is 124 Å². The van der Waals surface area contributed by atoms with Gasteiger partial charge in [-0.05, 0) is 64.0 Å². The molecule has 0 unspecified atom stereocenters. The van der Waals surface area contributed by atoms with E-state index in [1.165, 1.54) is 4.90 Å². The molecule has 6 heterocycles. The van der Waals surface area contributed by atoms with E-state index in [0.29, 0.717) is 59.7 Å². The molecule has 2 aromatic heterocycles. The summed E-state index contributed by atoms with van der Waals surface area (Å²) in [6, 6.07) is 10.1. The van der Waals surface area contributed by atoms with Crippen LogP contribution in [0.2, 0.25) is 5.02 Å². The van der Waals surface area contributed by atoms with Crippen molar-refractivity contribution in [1.29, 1.82) is 0 Å². The predicted molar refractivity (Wildman–Crippen MR) is 212 cm³/mol. The Bertz CT molecular complexity index is 2290. The van der Waals surface area contributed by atoms with Gasteiger partial charge in [0.1, 0.15) is 35.4 Å². The van der Waals surface area contributed by atoms with Crippen LogP contribution < -0.4 is 9.64 Å². The number of anilines is 1. The van der Waals surface area contributed by atoms with E-state index in [-0.39, 0.29) is 42.8 Å². The van der Waals surface area contributed by atoms with E-state index in [1.54, 1.807) is 44.0 Å². The lowest BCUT2D eigenvalue weighted by Gasteiger charge is -2.31. The summed E-state index contributed by atoms with van der Waals surface area (Å²) in [6.07, 6.45) is 2.09. The standard InChI is InChI=1S/C42H46ClF2N7O5/c1-41(2,3)57-40(55)52-23-29(53)18-27(52)12-13-33(54)50-17-14-28(22-50)49(4)38-31-20-46-36(30-10-5-8-25-9-6-11-32(43)34(25)30)35(45)37(31)47-39(48-38)56-24-42-15-7-16-51(42)21-26(44)19-42/h5-6,8-11,20,26-29,53H,7,14-19,21-24H2,1-4H3/t26-,27+,28-,29-,42+/m1/s1. The molecule has 4 saturated heterocycles. The summed E-state index contributed by atoms with van der Waals surface area (Å²) in [4.78, 5) is 47.2. The van der Waals surface area contributed by atoms with Crippen molar-refractivity contribution in [2.75, 3.05) is 51.3 Å². The molecule has 4 aliphatic heterocycles. The third-order valence-electron chi connectivity index (χ3n) is 11.6. The molecule has 12 nitrogen and oxygen atoms in total. The van der Waals surface area contributed by atoms with Crippen molar-refractivity contribution in [1.82, 2.24) is 29.7 Å². The van der Waals surface area contributed by atoms with E-state index in [1.807, 2.05) is 36.2 Å². The van der Waals surface area contributed by atoms with Crippen LogP contribution in [0.5, 0.6) is 6.01 Å². The van der Waals surface area contributed by atoms with Crippen LogP contribution in [-0.2, 0) is 9.53 Å². The minimum Gasteiger partial charge on any atom is -0.461 e. The zero-order valence-corrected chi connectivity index (χ0v) is 33.2. The summed E-state index contributed by atoms with van der Waals surface area (Å²) < 4.78 is 43.3. The summed E-state index contributed by atoms with van der Waals surface area (Å²) in [5.74, 6) is 4.89. The van der Waals surface area contributed by atoms with Gasteiger partial charge in [-0.2, -0.15) is 9.97 Å². The highest BCUT2D eigenvalue weighted by Crippen LogP contribution is 2.41. The van der Waals surface area contributed by atoms with Crippen LogP contribution in [-0.4, -0.2) is 129 Å². The highest BCUT2D eigenvalue weighted by atomic mass is 35.5.